The van der Waals surface area contributed by atoms with Crippen molar-refractivity contribution < 1.29 is 9.18 Å². The van der Waals surface area contributed by atoms with Crippen LogP contribution in [0.3, 0.4) is 0 Å². The molecule has 0 unspecified atom stereocenters. The summed E-state index contributed by atoms with van der Waals surface area (Å²) in [5.41, 5.74) is -1.13. The molecule has 0 N–H and O–H groups in total. The third-order valence-electron chi connectivity index (χ3n) is 10.6. The fourth-order valence-electron chi connectivity index (χ4n) is 8.35. The van der Waals surface area contributed by atoms with Gasteiger partial charge in [0.25, 0.3) is 0 Å². The molecule has 0 amide bonds. The van der Waals surface area contributed by atoms with Gasteiger partial charge in [-0.3, -0.25) is 4.79 Å². The molecule has 31 heavy (non-hydrogen) atoms. The zero-order chi connectivity index (χ0) is 21.9. The number of rotatable bonds is 8. The molecule has 4 rings (SSSR count). The third-order valence-corrected chi connectivity index (χ3v) is 10.6. The van der Waals surface area contributed by atoms with Crippen LogP contribution in [0.15, 0.2) is 0 Å². The molecule has 0 aromatic rings. The summed E-state index contributed by atoms with van der Waals surface area (Å²) in [6, 6.07) is 0. The van der Waals surface area contributed by atoms with Crippen LogP contribution in [0.1, 0.15) is 136 Å². The van der Waals surface area contributed by atoms with Crippen LogP contribution in [0.4, 0.5) is 4.39 Å². The van der Waals surface area contributed by atoms with Crippen molar-refractivity contribution in [3.63, 3.8) is 0 Å². The Morgan fingerprint density at radius 3 is 1.81 bits per heavy atom. The standard InChI is InChI=1S/C29H49FO/c1-3-5-6-7-8-9-23-14-18-28(19-15-23)26(30)29(27(28)31)20-16-25(17-21-29)24-12-10-22(4-2)11-13-24/h22-26H,3-21H2,1-2H3/t22?,23?,24?,25?,26-,28?,29?/m1/s1. The molecule has 0 aromatic heterocycles. The van der Waals surface area contributed by atoms with E-state index in [1.54, 1.807) is 0 Å². The number of unbranched alkanes of at least 4 members (excludes halogenated alkanes) is 4. The van der Waals surface area contributed by atoms with E-state index in [0.717, 1.165) is 75.0 Å². The summed E-state index contributed by atoms with van der Waals surface area (Å²) >= 11 is 0. The van der Waals surface area contributed by atoms with E-state index in [0.29, 0.717) is 5.78 Å². The van der Waals surface area contributed by atoms with Crippen LogP contribution in [-0.4, -0.2) is 12.0 Å². The lowest BCUT2D eigenvalue weighted by atomic mass is 9.41. The molecular weight excluding hydrogens is 383 g/mol. The number of carbonyl (C=O) groups is 1. The molecule has 1 atom stereocenters. The van der Waals surface area contributed by atoms with E-state index in [1.807, 2.05) is 0 Å². The molecule has 178 valence electrons. The summed E-state index contributed by atoms with van der Waals surface area (Å²) in [6.07, 6.45) is 21.9. The monoisotopic (exact) mass is 432 g/mol. The van der Waals surface area contributed by atoms with E-state index < -0.39 is 17.0 Å². The third kappa shape index (κ3) is 4.52. The molecular formula is C29H49FO. The maximum Gasteiger partial charge on any atom is 0.151 e. The molecule has 0 aliphatic heterocycles. The Morgan fingerprint density at radius 1 is 0.710 bits per heavy atom. The van der Waals surface area contributed by atoms with Crippen LogP contribution in [0.2, 0.25) is 0 Å². The van der Waals surface area contributed by atoms with Gasteiger partial charge < -0.3 is 0 Å². The highest BCUT2D eigenvalue weighted by Gasteiger charge is 2.71. The van der Waals surface area contributed by atoms with Gasteiger partial charge in [-0.25, -0.2) is 4.39 Å². The highest BCUT2D eigenvalue weighted by atomic mass is 19.1. The molecule has 1 nitrogen and oxygen atoms in total. The number of Topliss-reactive ketones (excluding diaryl/α,β-unsaturated/α-hetero) is 1. The van der Waals surface area contributed by atoms with Crippen LogP contribution >= 0.6 is 0 Å². The van der Waals surface area contributed by atoms with Gasteiger partial charge in [0.1, 0.15) is 6.17 Å². The molecule has 4 aliphatic rings. The van der Waals surface area contributed by atoms with Gasteiger partial charge >= 0.3 is 0 Å². The van der Waals surface area contributed by atoms with Crippen molar-refractivity contribution in [3.8, 4) is 0 Å². The van der Waals surface area contributed by atoms with Gasteiger partial charge in [-0.2, -0.15) is 0 Å². The Balaban J connectivity index is 1.23. The number of alkyl halides is 1. The van der Waals surface area contributed by atoms with Crippen molar-refractivity contribution in [3.05, 3.63) is 0 Å². The predicted molar refractivity (Wildman–Crippen MR) is 128 cm³/mol. The minimum absolute atomic E-state index is 0.363. The van der Waals surface area contributed by atoms with Crippen molar-refractivity contribution in [2.75, 3.05) is 0 Å². The van der Waals surface area contributed by atoms with Gasteiger partial charge in [-0.1, -0.05) is 71.6 Å². The van der Waals surface area contributed by atoms with Crippen molar-refractivity contribution in [2.45, 2.75) is 142 Å². The molecule has 0 saturated heterocycles. The van der Waals surface area contributed by atoms with Gasteiger partial charge in [0.15, 0.2) is 5.78 Å². The van der Waals surface area contributed by atoms with Gasteiger partial charge in [0.2, 0.25) is 0 Å². The van der Waals surface area contributed by atoms with Crippen LogP contribution in [0, 0.1) is 34.5 Å². The lowest BCUT2D eigenvalue weighted by molar-refractivity contribution is -0.194. The molecule has 4 fully saturated rings. The molecule has 0 bridgehead atoms. The number of halogens is 1. The van der Waals surface area contributed by atoms with E-state index in [9.17, 15) is 4.79 Å². The summed E-state index contributed by atoms with van der Waals surface area (Å²) in [4.78, 5) is 13.5. The summed E-state index contributed by atoms with van der Waals surface area (Å²) in [6.45, 7) is 4.59. The van der Waals surface area contributed by atoms with Crippen LogP contribution in [-0.2, 0) is 4.79 Å². The summed E-state index contributed by atoms with van der Waals surface area (Å²) in [5.74, 6) is 3.68. The van der Waals surface area contributed by atoms with Crippen LogP contribution < -0.4 is 0 Å². The molecule has 4 aliphatic carbocycles. The SMILES string of the molecule is CCCCCCCC1CCC2(CC1)C(=O)C1(CCC(C3CCC(CC)CC3)CC1)[C@@H]2F. The van der Waals surface area contributed by atoms with Gasteiger partial charge in [-0.15, -0.1) is 0 Å². The average molecular weight is 433 g/mol. The smallest absolute Gasteiger partial charge is 0.151 e. The van der Waals surface area contributed by atoms with E-state index in [1.165, 1.54) is 70.6 Å². The first-order chi connectivity index (χ1) is 15.1. The Kier molecular flexibility index (Phi) is 7.85. The fraction of sp³-hybridized carbons (Fsp3) is 0.966. The Hall–Kier alpha value is -0.400. The normalized spacial score (nSPS) is 43.3. The van der Waals surface area contributed by atoms with Crippen LogP contribution in [0.5, 0.6) is 0 Å². The van der Waals surface area contributed by atoms with E-state index in [4.69, 9.17) is 0 Å². The van der Waals surface area contributed by atoms with Crippen molar-refractivity contribution in [1.29, 1.82) is 0 Å². The molecule has 4 saturated carbocycles. The quantitative estimate of drug-likeness (QED) is 0.350. The van der Waals surface area contributed by atoms with Gasteiger partial charge in [-0.05, 0) is 87.9 Å². The Morgan fingerprint density at radius 2 is 1.26 bits per heavy atom. The zero-order valence-electron chi connectivity index (χ0n) is 20.6. The highest BCUT2D eigenvalue weighted by Crippen LogP contribution is 2.66. The van der Waals surface area contributed by atoms with Crippen molar-refractivity contribution in [1.82, 2.24) is 0 Å². The first-order valence-electron chi connectivity index (χ1n) is 14.2. The maximum absolute atomic E-state index is 15.8. The topological polar surface area (TPSA) is 17.1 Å². The largest absolute Gasteiger partial charge is 0.298 e. The lowest BCUT2D eigenvalue weighted by Crippen LogP contribution is -2.69. The lowest BCUT2D eigenvalue weighted by Gasteiger charge is -2.61. The highest BCUT2D eigenvalue weighted by molar-refractivity contribution is 5.98. The Bertz CT molecular complexity index is 574. The number of hydrogen-bond donors (Lipinski definition) is 0. The van der Waals surface area contributed by atoms with E-state index in [2.05, 4.69) is 13.8 Å². The second-order valence-electron chi connectivity index (χ2n) is 12.2. The predicted octanol–water partition coefficient (Wildman–Crippen LogP) is 8.84. The minimum atomic E-state index is -0.838. The molecule has 0 aromatic carbocycles. The fourth-order valence-corrected chi connectivity index (χ4v) is 8.35. The number of carbonyl (C=O) groups excluding carboxylic acids is 1. The molecule has 2 spiro atoms. The van der Waals surface area contributed by atoms with Crippen molar-refractivity contribution in [2.24, 2.45) is 34.5 Å². The zero-order valence-corrected chi connectivity index (χ0v) is 20.6. The first kappa shape index (κ1) is 23.7. The van der Waals surface area contributed by atoms with Gasteiger partial charge in [0, 0.05) is 0 Å². The number of hydrogen-bond acceptors (Lipinski definition) is 1. The second-order valence-corrected chi connectivity index (χ2v) is 12.2. The average Bonchev–Trinajstić information content (AvgIpc) is 2.84. The second kappa shape index (κ2) is 10.3. The summed E-state index contributed by atoms with van der Waals surface area (Å²) in [7, 11) is 0. The molecule has 2 heteroatoms. The van der Waals surface area contributed by atoms with Crippen LogP contribution in [0.25, 0.3) is 0 Å². The minimum Gasteiger partial charge on any atom is -0.298 e. The summed E-state index contributed by atoms with van der Waals surface area (Å²) < 4.78 is 15.8. The van der Waals surface area contributed by atoms with E-state index in [-0.39, 0.29) is 0 Å². The number of ketones is 1. The Labute approximate surface area is 191 Å². The maximum atomic E-state index is 15.8. The molecule has 0 heterocycles. The van der Waals surface area contributed by atoms with Gasteiger partial charge in [0.05, 0.1) is 10.8 Å². The van der Waals surface area contributed by atoms with E-state index >= 15 is 4.39 Å². The van der Waals surface area contributed by atoms with Crippen molar-refractivity contribution >= 4 is 5.78 Å². The molecule has 0 radical (unpaired) electrons. The summed E-state index contributed by atoms with van der Waals surface area (Å²) in [5, 5.41) is 0. The first-order valence-corrected chi connectivity index (χ1v) is 14.2.